The number of hydrogen-bond acceptors (Lipinski definition) is 5. The molecule has 0 aliphatic heterocycles. The molecule has 5 nitrogen and oxygen atoms in total. The van der Waals surface area contributed by atoms with Gasteiger partial charge in [-0.2, -0.15) is 0 Å². The number of ether oxygens (including phenoxy) is 2. The molecule has 0 saturated heterocycles. The van der Waals surface area contributed by atoms with Crippen LogP contribution in [-0.2, 0) is 11.2 Å². The van der Waals surface area contributed by atoms with Crippen LogP contribution in [0, 0.1) is 0 Å². The molecule has 0 unspecified atom stereocenters. The van der Waals surface area contributed by atoms with E-state index in [0.29, 0.717) is 24.5 Å². The second-order valence-electron chi connectivity index (χ2n) is 4.30. The largest absolute Gasteiger partial charge is 0.493 e. The summed E-state index contributed by atoms with van der Waals surface area (Å²) in [5.74, 6) is 0.527. The van der Waals surface area contributed by atoms with Crippen molar-refractivity contribution in [3.63, 3.8) is 0 Å². The van der Waals surface area contributed by atoms with Gasteiger partial charge in [0.05, 0.1) is 25.7 Å². The maximum absolute atomic E-state index is 10.6. The van der Waals surface area contributed by atoms with Crippen molar-refractivity contribution in [2.75, 3.05) is 13.7 Å². The van der Waals surface area contributed by atoms with Crippen molar-refractivity contribution in [1.82, 2.24) is 4.98 Å². The molecule has 1 aromatic carbocycles. The fraction of sp³-hybridized carbons (Fsp3) is 0.333. The van der Waals surface area contributed by atoms with Crippen LogP contribution < -0.4 is 9.47 Å². The molecule has 112 valence electrons. The molecule has 0 spiro atoms. The Labute approximate surface area is 127 Å². The van der Waals surface area contributed by atoms with E-state index in [1.165, 1.54) is 11.3 Å². The Bertz CT molecular complexity index is 624. The van der Waals surface area contributed by atoms with Gasteiger partial charge in [0.2, 0.25) is 0 Å². The van der Waals surface area contributed by atoms with Gasteiger partial charge in [0.1, 0.15) is 5.01 Å². The van der Waals surface area contributed by atoms with Gasteiger partial charge in [-0.15, -0.1) is 11.3 Å². The summed E-state index contributed by atoms with van der Waals surface area (Å²) < 4.78 is 11.0. The van der Waals surface area contributed by atoms with Crippen LogP contribution in [0.5, 0.6) is 11.5 Å². The quantitative estimate of drug-likeness (QED) is 0.850. The van der Waals surface area contributed by atoms with Crippen molar-refractivity contribution in [2.24, 2.45) is 0 Å². The summed E-state index contributed by atoms with van der Waals surface area (Å²) in [7, 11) is 1.60. The van der Waals surface area contributed by atoms with Crippen LogP contribution in [-0.4, -0.2) is 29.8 Å². The number of aliphatic carboxylic acids is 1. The molecule has 0 fully saturated rings. The van der Waals surface area contributed by atoms with Gasteiger partial charge >= 0.3 is 5.97 Å². The summed E-state index contributed by atoms with van der Waals surface area (Å²) in [6.07, 6.45) is 2.32. The Hall–Kier alpha value is -2.08. The highest BCUT2D eigenvalue weighted by Gasteiger charge is 2.15. The van der Waals surface area contributed by atoms with Crippen LogP contribution in [0.3, 0.4) is 0 Å². The first-order chi connectivity index (χ1) is 10.2. The third-order valence-electron chi connectivity index (χ3n) is 2.86. The normalized spacial score (nSPS) is 10.4. The average molecular weight is 307 g/mol. The van der Waals surface area contributed by atoms with Crippen LogP contribution in [0.1, 0.15) is 18.2 Å². The van der Waals surface area contributed by atoms with Crippen molar-refractivity contribution >= 4 is 17.3 Å². The number of para-hydroxylation sites is 1. The highest BCUT2D eigenvalue weighted by molar-refractivity contribution is 7.15. The van der Waals surface area contributed by atoms with Crippen LogP contribution in [0.4, 0.5) is 0 Å². The topological polar surface area (TPSA) is 68.7 Å². The molecule has 1 aromatic heterocycles. The van der Waals surface area contributed by atoms with Crippen molar-refractivity contribution in [2.45, 2.75) is 19.8 Å². The van der Waals surface area contributed by atoms with Crippen LogP contribution in [0.2, 0.25) is 0 Å². The third kappa shape index (κ3) is 3.72. The van der Waals surface area contributed by atoms with E-state index in [4.69, 9.17) is 14.6 Å². The number of carbonyl (C=O) groups is 1. The van der Waals surface area contributed by atoms with E-state index in [1.54, 1.807) is 13.3 Å². The summed E-state index contributed by atoms with van der Waals surface area (Å²) >= 11 is 1.48. The Morgan fingerprint density at radius 3 is 2.90 bits per heavy atom. The first-order valence-corrected chi connectivity index (χ1v) is 7.44. The Kier molecular flexibility index (Phi) is 5.16. The number of aryl methyl sites for hydroxylation is 1. The molecular weight excluding hydrogens is 290 g/mol. The minimum atomic E-state index is -0.804. The number of thiazole rings is 1. The molecule has 0 atom stereocenters. The van der Waals surface area contributed by atoms with Crippen LogP contribution in [0.15, 0.2) is 24.4 Å². The molecule has 0 aliphatic carbocycles. The molecule has 6 heteroatoms. The molecule has 0 radical (unpaired) electrons. The molecule has 2 aromatic rings. The average Bonchev–Trinajstić information content (AvgIpc) is 2.94. The van der Waals surface area contributed by atoms with E-state index < -0.39 is 5.97 Å². The summed E-state index contributed by atoms with van der Waals surface area (Å²) in [4.78, 5) is 15.9. The number of carboxylic acid groups (broad SMARTS) is 1. The predicted octanol–water partition coefficient (Wildman–Crippen LogP) is 3.23. The molecule has 21 heavy (non-hydrogen) atoms. The molecule has 0 aliphatic rings. The lowest BCUT2D eigenvalue weighted by molar-refractivity contribution is -0.136. The molecule has 2 rings (SSSR count). The summed E-state index contributed by atoms with van der Waals surface area (Å²) in [6, 6.07) is 5.65. The zero-order chi connectivity index (χ0) is 15.2. The molecule has 0 saturated carbocycles. The molecule has 0 bridgehead atoms. The number of rotatable bonds is 7. The van der Waals surface area contributed by atoms with E-state index in [2.05, 4.69) is 4.98 Å². The maximum atomic E-state index is 10.6. The maximum Gasteiger partial charge on any atom is 0.303 e. The van der Waals surface area contributed by atoms with Gasteiger partial charge in [-0.25, -0.2) is 4.98 Å². The van der Waals surface area contributed by atoms with E-state index in [9.17, 15) is 4.79 Å². The molecule has 0 amide bonds. The summed E-state index contributed by atoms with van der Waals surface area (Å²) in [6.45, 7) is 2.45. The van der Waals surface area contributed by atoms with E-state index in [0.717, 1.165) is 15.4 Å². The van der Waals surface area contributed by atoms with Gasteiger partial charge in [0.15, 0.2) is 11.5 Å². The summed E-state index contributed by atoms with van der Waals surface area (Å²) in [5, 5.41) is 9.53. The third-order valence-corrected chi connectivity index (χ3v) is 3.95. The van der Waals surface area contributed by atoms with Gasteiger partial charge in [-0.05, 0) is 25.5 Å². The zero-order valence-corrected chi connectivity index (χ0v) is 12.8. The van der Waals surface area contributed by atoms with Crippen molar-refractivity contribution in [3.8, 4) is 22.1 Å². The smallest absolute Gasteiger partial charge is 0.303 e. The van der Waals surface area contributed by atoms with Gasteiger partial charge in [-0.3, -0.25) is 4.79 Å². The lowest BCUT2D eigenvalue weighted by Crippen LogP contribution is -1.97. The first-order valence-electron chi connectivity index (χ1n) is 6.62. The SMILES string of the molecule is CCOc1c(OC)cccc1-c1ncc(CCC(=O)O)s1. The monoisotopic (exact) mass is 307 g/mol. The zero-order valence-electron chi connectivity index (χ0n) is 12.0. The number of hydrogen-bond donors (Lipinski definition) is 1. The van der Waals surface area contributed by atoms with Gasteiger partial charge in [-0.1, -0.05) is 6.07 Å². The standard InChI is InChI=1S/C15H17NO4S/c1-3-20-14-11(5-4-6-12(14)19-2)15-16-9-10(21-15)7-8-13(17)18/h4-6,9H,3,7-8H2,1-2H3,(H,17,18). The number of nitrogens with zero attached hydrogens (tertiary/aromatic N) is 1. The lowest BCUT2D eigenvalue weighted by atomic mass is 10.2. The second-order valence-corrected chi connectivity index (χ2v) is 5.41. The highest BCUT2D eigenvalue weighted by Crippen LogP contribution is 2.39. The van der Waals surface area contributed by atoms with Gasteiger partial charge in [0.25, 0.3) is 0 Å². The second kappa shape index (κ2) is 7.08. The number of methoxy groups -OCH3 is 1. The fourth-order valence-electron chi connectivity index (χ4n) is 1.92. The number of carboxylic acids is 1. The van der Waals surface area contributed by atoms with E-state index in [-0.39, 0.29) is 6.42 Å². The Morgan fingerprint density at radius 1 is 1.43 bits per heavy atom. The van der Waals surface area contributed by atoms with Gasteiger partial charge in [0, 0.05) is 11.1 Å². The first kappa shape index (κ1) is 15.3. The fourth-order valence-corrected chi connectivity index (χ4v) is 2.85. The van der Waals surface area contributed by atoms with Crippen molar-refractivity contribution in [1.29, 1.82) is 0 Å². The predicted molar refractivity (Wildman–Crippen MR) is 81.2 cm³/mol. The Balaban J connectivity index is 2.31. The van der Waals surface area contributed by atoms with Gasteiger partial charge < -0.3 is 14.6 Å². The number of benzene rings is 1. The summed E-state index contributed by atoms with van der Waals surface area (Å²) in [5.41, 5.74) is 0.864. The lowest BCUT2D eigenvalue weighted by Gasteiger charge is -2.12. The van der Waals surface area contributed by atoms with E-state index in [1.807, 2.05) is 25.1 Å². The molecule has 1 heterocycles. The van der Waals surface area contributed by atoms with Crippen molar-refractivity contribution < 1.29 is 19.4 Å². The molecular formula is C15H17NO4S. The highest BCUT2D eigenvalue weighted by atomic mass is 32.1. The van der Waals surface area contributed by atoms with Crippen molar-refractivity contribution in [3.05, 3.63) is 29.3 Å². The van der Waals surface area contributed by atoms with E-state index >= 15 is 0 Å². The Morgan fingerprint density at radius 2 is 2.24 bits per heavy atom. The number of aromatic nitrogens is 1. The molecule has 1 N–H and O–H groups in total. The minimum absolute atomic E-state index is 0.109. The van der Waals surface area contributed by atoms with Crippen LogP contribution >= 0.6 is 11.3 Å². The van der Waals surface area contributed by atoms with Crippen LogP contribution in [0.25, 0.3) is 10.6 Å². The minimum Gasteiger partial charge on any atom is -0.493 e.